The number of thiocarbonyl (C=S) groups is 1. The van der Waals surface area contributed by atoms with Crippen molar-refractivity contribution >= 4 is 28.9 Å². The van der Waals surface area contributed by atoms with Crippen LogP contribution in [0.4, 0.5) is 10.1 Å². The minimum atomic E-state index is -0.550. The van der Waals surface area contributed by atoms with Gasteiger partial charge in [0.2, 0.25) is 0 Å². The number of hydrogen-bond acceptors (Lipinski definition) is 3. The second-order valence-corrected chi connectivity index (χ2v) is 6.79. The van der Waals surface area contributed by atoms with E-state index in [9.17, 15) is 9.18 Å². The molecule has 0 radical (unpaired) electrons. The highest BCUT2D eigenvalue weighted by Gasteiger charge is 2.33. The van der Waals surface area contributed by atoms with E-state index in [0.29, 0.717) is 40.8 Å². The molecule has 146 valence electrons. The maximum absolute atomic E-state index is 13.8. The lowest BCUT2D eigenvalue weighted by molar-refractivity contribution is -0.113. The molecule has 1 aliphatic heterocycles. The fraction of sp³-hybridized carbons (Fsp3) is 0.238. The minimum Gasteiger partial charge on any atom is -0.383 e. The van der Waals surface area contributed by atoms with E-state index in [0.717, 1.165) is 0 Å². The molecule has 1 amide bonds. The number of nitrogens with zero attached hydrogens (tertiary/aromatic N) is 1. The average molecular weight is 399 g/mol. The topological polar surface area (TPSA) is 53.6 Å². The predicted molar refractivity (Wildman–Crippen MR) is 111 cm³/mol. The Morgan fingerprint density at radius 3 is 2.68 bits per heavy atom. The Morgan fingerprint density at radius 2 is 2.00 bits per heavy atom. The quantitative estimate of drug-likeness (QED) is 0.727. The molecule has 0 aromatic heterocycles. The van der Waals surface area contributed by atoms with Gasteiger partial charge >= 0.3 is 0 Å². The number of nitrogens with one attached hydrogen (secondary N) is 2. The van der Waals surface area contributed by atoms with E-state index in [1.54, 1.807) is 19.2 Å². The standard InChI is InChI=1S/C21H22FN3O2S/c1-14-18(20(26)23-17-9-4-3-5-10-17)19(15-7-6-8-16(22)13-15)24-21(28)25(14)11-12-27-2/h3-10,13,19H,11-12H2,1-2H3,(H,23,26)(H,24,28)/t19-/m1/s1. The number of benzene rings is 2. The predicted octanol–water partition coefficient (Wildman–Crippen LogP) is 3.62. The van der Waals surface area contributed by atoms with E-state index in [1.807, 2.05) is 42.2 Å². The van der Waals surface area contributed by atoms with Gasteiger partial charge in [-0.2, -0.15) is 0 Å². The van der Waals surface area contributed by atoms with Gasteiger partial charge in [-0.15, -0.1) is 0 Å². The van der Waals surface area contributed by atoms with Gasteiger partial charge in [-0.25, -0.2) is 4.39 Å². The Balaban J connectivity index is 2.01. The number of allylic oxidation sites excluding steroid dienone is 1. The van der Waals surface area contributed by atoms with Crippen molar-refractivity contribution in [3.05, 3.63) is 77.2 Å². The molecule has 2 aromatic carbocycles. The number of amides is 1. The number of hydrogen-bond donors (Lipinski definition) is 2. The number of carbonyl (C=O) groups excluding carboxylic acids is 1. The van der Waals surface area contributed by atoms with E-state index in [2.05, 4.69) is 10.6 Å². The molecule has 2 N–H and O–H groups in total. The van der Waals surface area contributed by atoms with E-state index in [4.69, 9.17) is 17.0 Å². The Kier molecular flexibility index (Phi) is 6.38. The van der Waals surface area contributed by atoms with E-state index >= 15 is 0 Å². The van der Waals surface area contributed by atoms with Crippen LogP contribution in [0.3, 0.4) is 0 Å². The average Bonchev–Trinajstić information content (AvgIpc) is 2.68. The molecule has 0 unspecified atom stereocenters. The summed E-state index contributed by atoms with van der Waals surface area (Å²) in [4.78, 5) is 15.0. The van der Waals surface area contributed by atoms with Crippen LogP contribution in [0.2, 0.25) is 0 Å². The van der Waals surface area contributed by atoms with Gasteiger partial charge in [-0.1, -0.05) is 30.3 Å². The van der Waals surface area contributed by atoms with Crippen molar-refractivity contribution in [2.24, 2.45) is 0 Å². The molecule has 0 saturated heterocycles. The van der Waals surface area contributed by atoms with Crippen molar-refractivity contribution in [1.29, 1.82) is 0 Å². The van der Waals surface area contributed by atoms with Crippen LogP contribution in [0.5, 0.6) is 0 Å². The molecule has 1 aliphatic rings. The molecule has 0 aliphatic carbocycles. The zero-order chi connectivity index (χ0) is 20.1. The first kappa shape index (κ1) is 20.0. The largest absolute Gasteiger partial charge is 0.383 e. The second kappa shape index (κ2) is 8.95. The summed E-state index contributed by atoms with van der Waals surface area (Å²) >= 11 is 5.50. The molecule has 5 nitrogen and oxygen atoms in total. The van der Waals surface area contributed by atoms with Crippen LogP contribution in [0, 0.1) is 5.82 Å². The number of carbonyl (C=O) groups is 1. The molecule has 0 spiro atoms. The van der Waals surface area contributed by atoms with Gasteiger partial charge in [-0.3, -0.25) is 4.79 Å². The van der Waals surface area contributed by atoms with Crippen molar-refractivity contribution in [1.82, 2.24) is 10.2 Å². The highest BCUT2D eigenvalue weighted by Crippen LogP contribution is 2.31. The molecule has 28 heavy (non-hydrogen) atoms. The number of ether oxygens (including phenoxy) is 1. The third kappa shape index (κ3) is 4.37. The Hall–Kier alpha value is -2.77. The molecule has 0 saturated carbocycles. The molecule has 7 heteroatoms. The Bertz CT molecular complexity index is 902. The molecule has 1 heterocycles. The summed E-state index contributed by atoms with van der Waals surface area (Å²) in [6.07, 6.45) is 0. The third-order valence-electron chi connectivity index (χ3n) is 4.57. The van der Waals surface area contributed by atoms with Gasteiger partial charge in [0.15, 0.2) is 5.11 Å². The van der Waals surface area contributed by atoms with Crippen LogP contribution >= 0.6 is 12.2 Å². The van der Waals surface area contributed by atoms with Crippen LogP contribution in [0.1, 0.15) is 18.5 Å². The van der Waals surface area contributed by atoms with Crippen molar-refractivity contribution < 1.29 is 13.9 Å². The molecule has 0 bridgehead atoms. The van der Waals surface area contributed by atoms with Gasteiger partial charge < -0.3 is 20.3 Å². The van der Waals surface area contributed by atoms with E-state index in [1.165, 1.54) is 12.1 Å². The van der Waals surface area contributed by atoms with Gasteiger partial charge in [0, 0.05) is 25.0 Å². The molecule has 2 aromatic rings. The molecular formula is C21H22FN3O2S. The van der Waals surface area contributed by atoms with Crippen LogP contribution in [-0.2, 0) is 9.53 Å². The zero-order valence-electron chi connectivity index (χ0n) is 15.7. The molecule has 0 fully saturated rings. The molecule has 3 rings (SSSR count). The number of halogens is 1. The lowest BCUT2D eigenvalue weighted by Crippen LogP contribution is -2.49. The maximum atomic E-state index is 13.8. The number of anilines is 1. The van der Waals surface area contributed by atoms with E-state index < -0.39 is 6.04 Å². The first-order valence-corrected chi connectivity index (χ1v) is 9.31. The number of rotatable bonds is 6. The lowest BCUT2D eigenvalue weighted by Gasteiger charge is -2.37. The highest BCUT2D eigenvalue weighted by molar-refractivity contribution is 7.80. The van der Waals surface area contributed by atoms with Crippen molar-refractivity contribution in [2.75, 3.05) is 25.6 Å². The van der Waals surface area contributed by atoms with Crippen molar-refractivity contribution in [2.45, 2.75) is 13.0 Å². The summed E-state index contributed by atoms with van der Waals surface area (Å²) < 4.78 is 19.0. The SMILES string of the molecule is COCCN1C(=S)N[C@H](c2cccc(F)c2)C(C(=O)Nc2ccccc2)=C1C. The third-order valence-corrected chi connectivity index (χ3v) is 4.91. The lowest BCUT2D eigenvalue weighted by atomic mass is 9.94. The van der Waals surface area contributed by atoms with Crippen LogP contribution < -0.4 is 10.6 Å². The van der Waals surface area contributed by atoms with Gasteiger partial charge in [-0.05, 0) is 49.0 Å². The van der Waals surface area contributed by atoms with Crippen LogP contribution in [-0.4, -0.2) is 36.2 Å². The fourth-order valence-electron chi connectivity index (χ4n) is 3.18. The smallest absolute Gasteiger partial charge is 0.255 e. The summed E-state index contributed by atoms with van der Waals surface area (Å²) in [5.41, 5.74) is 2.51. The summed E-state index contributed by atoms with van der Waals surface area (Å²) in [5.74, 6) is -0.636. The maximum Gasteiger partial charge on any atom is 0.255 e. The number of para-hydroxylation sites is 1. The summed E-state index contributed by atoms with van der Waals surface area (Å²) in [6.45, 7) is 2.80. The highest BCUT2D eigenvalue weighted by atomic mass is 32.1. The van der Waals surface area contributed by atoms with Crippen molar-refractivity contribution in [3.63, 3.8) is 0 Å². The summed E-state index contributed by atoms with van der Waals surface area (Å²) in [5, 5.41) is 6.57. The van der Waals surface area contributed by atoms with Crippen LogP contribution in [0.15, 0.2) is 65.9 Å². The normalized spacial score (nSPS) is 16.8. The Morgan fingerprint density at radius 1 is 1.25 bits per heavy atom. The van der Waals surface area contributed by atoms with Crippen LogP contribution in [0.25, 0.3) is 0 Å². The first-order chi connectivity index (χ1) is 13.5. The monoisotopic (exact) mass is 399 g/mol. The number of methoxy groups -OCH3 is 1. The molecular weight excluding hydrogens is 377 g/mol. The fourth-order valence-corrected chi connectivity index (χ4v) is 3.53. The summed E-state index contributed by atoms with van der Waals surface area (Å²) in [6, 6.07) is 14.8. The van der Waals surface area contributed by atoms with Crippen molar-refractivity contribution in [3.8, 4) is 0 Å². The second-order valence-electron chi connectivity index (χ2n) is 6.40. The zero-order valence-corrected chi connectivity index (χ0v) is 16.6. The Labute approximate surface area is 169 Å². The minimum absolute atomic E-state index is 0.268. The first-order valence-electron chi connectivity index (χ1n) is 8.91. The van der Waals surface area contributed by atoms with E-state index in [-0.39, 0.29) is 11.7 Å². The van der Waals surface area contributed by atoms with Gasteiger partial charge in [0.05, 0.1) is 18.2 Å². The van der Waals surface area contributed by atoms with Gasteiger partial charge in [0.25, 0.3) is 5.91 Å². The molecule has 1 atom stereocenters. The van der Waals surface area contributed by atoms with Gasteiger partial charge in [0.1, 0.15) is 5.82 Å². The summed E-state index contributed by atoms with van der Waals surface area (Å²) in [7, 11) is 1.61.